The molecular formula is C33H36F3N2O5+. The second-order valence-electron chi connectivity index (χ2n) is 11.8. The van der Waals surface area contributed by atoms with E-state index in [0.29, 0.717) is 49.0 Å². The number of ether oxygens (including phenoxy) is 2. The van der Waals surface area contributed by atoms with Gasteiger partial charge in [-0.3, -0.25) is 14.4 Å². The van der Waals surface area contributed by atoms with Gasteiger partial charge < -0.3 is 19.3 Å². The predicted molar refractivity (Wildman–Crippen MR) is 154 cm³/mol. The van der Waals surface area contributed by atoms with Crippen LogP contribution in [0.4, 0.5) is 13.2 Å². The molecule has 2 fully saturated rings. The third-order valence-electron chi connectivity index (χ3n) is 8.50. The van der Waals surface area contributed by atoms with E-state index in [9.17, 15) is 27.6 Å². The van der Waals surface area contributed by atoms with Crippen molar-refractivity contribution in [3.63, 3.8) is 0 Å². The highest BCUT2D eigenvalue weighted by atomic mass is 19.4. The van der Waals surface area contributed by atoms with Gasteiger partial charge in [0.25, 0.3) is 5.91 Å². The summed E-state index contributed by atoms with van der Waals surface area (Å²) in [4.78, 5) is 37.2. The summed E-state index contributed by atoms with van der Waals surface area (Å²) in [6, 6.07) is 11.2. The lowest BCUT2D eigenvalue weighted by atomic mass is 9.54. The SMILES string of the molecule is C=CC[N@@+]1(C)CC[C@@]2(c3cccc(OC(C)=O)c3)C[C@H](NC(=O)C#Cc3ccc(C(F)(F)F)cc3)CCC2(OC(C)=O)C1. The van der Waals surface area contributed by atoms with E-state index >= 15 is 0 Å². The largest absolute Gasteiger partial charge is 0.452 e. The minimum absolute atomic E-state index is 0.283. The van der Waals surface area contributed by atoms with Crippen LogP contribution in [0.5, 0.6) is 5.75 Å². The fraction of sp³-hybridized carbons (Fsp3) is 0.424. The normalized spacial score (nSPS) is 26.6. The molecule has 1 saturated carbocycles. The van der Waals surface area contributed by atoms with Crippen molar-refractivity contribution in [1.82, 2.24) is 5.32 Å². The topological polar surface area (TPSA) is 81.7 Å². The van der Waals surface area contributed by atoms with Crippen LogP contribution in [-0.2, 0) is 30.7 Å². The number of hydrogen-bond acceptors (Lipinski definition) is 5. The van der Waals surface area contributed by atoms with Gasteiger partial charge in [0.2, 0.25) is 0 Å². The summed E-state index contributed by atoms with van der Waals surface area (Å²) in [5, 5.41) is 2.98. The van der Waals surface area contributed by atoms with Crippen LogP contribution < -0.4 is 10.1 Å². The van der Waals surface area contributed by atoms with E-state index in [1.807, 2.05) is 12.1 Å². The predicted octanol–water partition coefficient (Wildman–Crippen LogP) is 4.93. The van der Waals surface area contributed by atoms with Crippen molar-refractivity contribution in [2.24, 2.45) is 0 Å². The summed E-state index contributed by atoms with van der Waals surface area (Å²) in [7, 11) is 2.11. The van der Waals surface area contributed by atoms with Gasteiger partial charge >= 0.3 is 18.1 Å². The summed E-state index contributed by atoms with van der Waals surface area (Å²) in [6.07, 6.45) is -0.562. The van der Waals surface area contributed by atoms with Crippen LogP contribution in [-0.4, -0.2) is 60.7 Å². The zero-order valence-corrected chi connectivity index (χ0v) is 24.6. The lowest BCUT2D eigenvalue weighted by Crippen LogP contribution is -2.72. The zero-order valence-electron chi connectivity index (χ0n) is 24.6. The molecule has 0 bridgehead atoms. The molecule has 1 unspecified atom stereocenters. The molecule has 0 radical (unpaired) electrons. The van der Waals surface area contributed by atoms with Gasteiger partial charge in [-0.15, -0.1) is 0 Å². The van der Waals surface area contributed by atoms with Crippen molar-refractivity contribution in [3.8, 4) is 17.6 Å². The quantitative estimate of drug-likeness (QED) is 0.168. The molecule has 10 heteroatoms. The number of rotatable bonds is 6. The molecule has 1 heterocycles. The molecule has 1 amide bonds. The number of hydrogen-bond donors (Lipinski definition) is 1. The Morgan fingerprint density at radius 2 is 1.84 bits per heavy atom. The number of nitrogens with one attached hydrogen (secondary N) is 1. The van der Waals surface area contributed by atoms with E-state index in [1.54, 1.807) is 18.2 Å². The first-order chi connectivity index (χ1) is 20.2. The number of likely N-dealkylation sites (N-methyl/N-ethyl adjacent to an activating group) is 1. The molecule has 7 nitrogen and oxygen atoms in total. The number of carbonyl (C=O) groups is 3. The van der Waals surface area contributed by atoms with Crippen LogP contribution in [0.25, 0.3) is 0 Å². The summed E-state index contributed by atoms with van der Waals surface area (Å²) in [6.45, 7) is 8.61. The Balaban J connectivity index is 1.66. The molecule has 4 rings (SSSR count). The number of amides is 1. The van der Waals surface area contributed by atoms with Crippen molar-refractivity contribution >= 4 is 17.8 Å². The molecule has 1 saturated heterocycles. The van der Waals surface area contributed by atoms with Gasteiger partial charge in [0.1, 0.15) is 12.3 Å². The standard InChI is InChI=1S/C33H35F3N2O5/c1-5-18-38(4)19-17-31(27-7-6-8-29(20-27)42-23(2)39)21-28(15-16-32(31,22-38)43-24(3)40)37-30(41)14-11-25-9-12-26(13-10-25)33(34,35)36/h5-10,12-13,20,28H,1,15-19,21-22H2,2-4H3/p+1/t28-,31+,32?,38+/m1/s1. The highest BCUT2D eigenvalue weighted by Crippen LogP contribution is 2.55. The number of piperidine rings is 1. The minimum Gasteiger partial charge on any atom is -0.452 e. The van der Waals surface area contributed by atoms with Crippen molar-refractivity contribution in [2.45, 2.75) is 62.8 Å². The maximum atomic E-state index is 12.9. The van der Waals surface area contributed by atoms with E-state index < -0.39 is 40.6 Å². The van der Waals surface area contributed by atoms with Gasteiger partial charge in [0.05, 0.1) is 25.7 Å². The number of fused-ring (bicyclic) bond motifs is 1. The van der Waals surface area contributed by atoms with Crippen molar-refractivity contribution in [3.05, 3.63) is 77.9 Å². The van der Waals surface area contributed by atoms with Gasteiger partial charge in [-0.1, -0.05) is 24.6 Å². The van der Waals surface area contributed by atoms with Gasteiger partial charge in [0, 0.05) is 43.2 Å². The van der Waals surface area contributed by atoms with Gasteiger partial charge in [-0.25, -0.2) is 0 Å². The lowest BCUT2D eigenvalue weighted by molar-refractivity contribution is -0.917. The van der Waals surface area contributed by atoms with Crippen molar-refractivity contribution < 1.29 is 41.5 Å². The first kappa shape index (κ1) is 31.8. The van der Waals surface area contributed by atoms with Gasteiger partial charge in [0.15, 0.2) is 5.60 Å². The third-order valence-corrected chi connectivity index (χ3v) is 8.50. The Labute approximate surface area is 249 Å². The highest BCUT2D eigenvalue weighted by molar-refractivity contribution is 5.94. The number of likely N-dealkylation sites (tertiary alicyclic amines) is 1. The van der Waals surface area contributed by atoms with Crippen LogP contribution in [0.2, 0.25) is 0 Å². The molecule has 1 aliphatic carbocycles. The average Bonchev–Trinajstić information content (AvgIpc) is 2.91. The van der Waals surface area contributed by atoms with Gasteiger partial charge in [-0.2, -0.15) is 13.2 Å². The molecule has 0 aromatic heterocycles. The van der Waals surface area contributed by atoms with E-state index in [4.69, 9.17) is 9.47 Å². The maximum Gasteiger partial charge on any atom is 0.416 e. The fourth-order valence-electron chi connectivity index (χ4n) is 6.76. The molecule has 4 atom stereocenters. The first-order valence-corrected chi connectivity index (χ1v) is 14.1. The molecular weight excluding hydrogens is 561 g/mol. The van der Waals surface area contributed by atoms with Crippen molar-refractivity contribution in [2.75, 3.05) is 26.7 Å². The van der Waals surface area contributed by atoms with E-state index in [2.05, 4.69) is 30.8 Å². The second kappa shape index (κ2) is 12.3. The monoisotopic (exact) mass is 597 g/mol. The second-order valence-corrected chi connectivity index (χ2v) is 11.8. The molecule has 2 aliphatic rings. The number of esters is 2. The Morgan fingerprint density at radius 3 is 2.47 bits per heavy atom. The molecule has 2 aromatic rings. The number of carbonyl (C=O) groups excluding carboxylic acids is 3. The number of halogens is 3. The Bertz CT molecular complexity index is 1460. The minimum atomic E-state index is -4.46. The number of quaternary nitrogens is 1. The average molecular weight is 598 g/mol. The fourth-order valence-corrected chi connectivity index (χ4v) is 6.76. The summed E-state index contributed by atoms with van der Waals surface area (Å²) in [5.41, 5.74) is -1.29. The third kappa shape index (κ3) is 7.11. The summed E-state index contributed by atoms with van der Waals surface area (Å²) >= 11 is 0. The lowest BCUT2D eigenvalue weighted by Gasteiger charge is -2.60. The van der Waals surface area contributed by atoms with Crippen LogP contribution in [0.3, 0.4) is 0 Å². The Kier molecular flexibility index (Phi) is 9.07. The molecule has 2 aromatic carbocycles. The molecule has 1 aliphatic heterocycles. The zero-order chi connectivity index (χ0) is 31.5. The number of alkyl halides is 3. The van der Waals surface area contributed by atoms with E-state index in [0.717, 1.165) is 24.2 Å². The van der Waals surface area contributed by atoms with E-state index in [-0.39, 0.29) is 11.6 Å². The molecule has 0 spiro atoms. The first-order valence-electron chi connectivity index (χ1n) is 14.1. The number of nitrogens with zero attached hydrogens (tertiary/aromatic N) is 1. The number of benzene rings is 2. The van der Waals surface area contributed by atoms with Crippen molar-refractivity contribution in [1.29, 1.82) is 0 Å². The van der Waals surface area contributed by atoms with Crippen LogP contribution >= 0.6 is 0 Å². The van der Waals surface area contributed by atoms with Gasteiger partial charge in [-0.05, 0) is 67.3 Å². The smallest absolute Gasteiger partial charge is 0.416 e. The summed E-state index contributed by atoms with van der Waals surface area (Å²) in [5.74, 6) is 4.08. The maximum absolute atomic E-state index is 12.9. The Hall–Kier alpha value is -4.10. The van der Waals surface area contributed by atoms with Crippen LogP contribution in [0.15, 0.2) is 61.2 Å². The van der Waals surface area contributed by atoms with Crippen LogP contribution in [0.1, 0.15) is 56.2 Å². The molecule has 228 valence electrons. The Morgan fingerprint density at radius 1 is 1.12 bits per heavy atom. The molecule has 1 N–H and O–H groups in total. The van der Waals surface area contributed by atoms with Crippen LogP contribution in [0, 0.1) is 11.8 Å². The highest BCUT2D eigenvalue weighted by Gasteiger charge is 2.64. The summed E-state index contributed by atoms with van der Waals surface area (Å²) < 4.78 is 50.9. The van der Waals surface area contributed by atoms with E-state index in [1.165, 1.54) is 26.0 Å². The molecule has 43 heavy (non-hydrogen) atoms.